The van der Waals surface area contributed by atoms with Crippen molar-refractivity contribution in [3.05, 3.63) is 29.1 Å². The summed E-state index contributed by atoms with van der Waals surface area (Å²) in [5, 5.41) is 0. The van der Waals surface area contributed by atoms with Crippen molar-refractivity contribution >= 4 is 25.6 Å². The number of benzene rings is 1. The molecule has 1 aromatic rings. The lowest BCUT2D eigenvalue weighted by Crippen LogP contribution is -2.26. The summed E-state index contributed by atoms with van der Waals surface area (Å²) in [5.74, 6) is -1.32. The molecule has 0 saturated heterocycles. The summed E-state index contributed by atoms with van der Waals surface area (Å²) in [5.41, 5.74) is 0.155. The molecule has 0 atom stereocenters. The number of hydrogen-bond donors (Lipinski definition) is 0. The van der Waals surface area contributed by atoms with Crippen molar-refractivity contribution in [3.8, 4) is 0 Å². The molecule has 0 aliphatic carbocycles. The van der Waals surface area contributed by atoms with Crippen LogP contribution in [0.5, 0.6) is 0 Å². The Balaban J connectivity index is 3.43. The van der Waals surface area contributed by atoms with E-state index in [9.17, 15) is 17.6 Å². The zero-order chi connectivity index (χ0) is 14.1. The molecule has 0 N–H and O–H groups in total. The second-order valence-electron chi connectivity index (χ2n) is 3.86. The lowest BCUT2D eigenvalue weighted by molar-refractivity contribution is 0.0802. The highest BCUT2D eigenvalue weighted by atomic mass is 35.7. The van der Waals surface area contributed by atoms with Crippen molar-refractivity contribution in [2.75, 3.05) is 13.6 Å². The molecular weight excluding hydrogens is 281 g/mol. The van der Waals surface area contributed by atoms with Gasteiger partial charge >= 0.3 is 0 Å². The van der Waals surface area contributed by atoms with Gasteiger partial charge in [-0.05, 0) is 31.5 Å². The van der Waals surface area contributed by atoms with Crippen molar-refractivity contribution in [2.24, 2.45) is 0 Å². The van der Waals surface area contributed by atoms with Crippen LogP contribution >= 0.6 is 10.7 Å². The minimum Gasteiger partial charge on any atom is -0.342 e. The summed E-state index contributed by atoms with van der Waals surface area (Å²) in [6.07, 6.45) is 0. The lowest BCUT2D eigenvalue weighted by Gasteiger charge is -2.15. The van der Waals surface area contributed by atoms with Crippen LogP contribution in [0.2, 0.25) is 0 Å². The van der Waals surface area contributed by atoms with Crippen LogP contribution in [0.15, 0.2) is 17.0 Å². The van der Waals surface area contributed by atoms with Crippen molar-refractivity contribution in [1.82, 2.24) is 4.90 Å². The Hall–Kier alpha value is -1.14. The van der Waals surface area contributed by atoms with Crippen LogP contribution < -0.4 is 0 Å². The Kier molecular flexibility index (Phi) is 4.34. The average molecular weight is 294 g/mol. The van der Waals surface area contributed by atoms with Gasteiger partial charge in [0, 0.05) is 29.8 Å². The molecule has 0 heterocycles. The maximum atomic E-state index is 13.6. The molecule has 7 heteroatoms. The quantitative estimate of drug-likeness (QED) is 0.803. The number of nitrogens with zero attached hydrogens (tertiary/aromatic N) is 1. The van der Waals surface area contributed by atoms with Crippen LogP contribution in [-0.2, 0) is 9.05 Å². The highest BCUT2D eigenvalue weighted by molar-refractivity contribution is 8.13. The largest absolute Gasteiger partial charge is 0.342 e. The Morgan fingerprint density at radius 3 is 2.44 bits per heavy atom. The average Bonchev–Trinajstić information content (AvgIpc) is 2.28. The first-order valence-electron chi connectivity index (χ1n) is 5.18. The monoisotopic (exact) mass is 293 g/mol. The molecule has 0 spiro atoms. The molecule has 0 saturated carbocycles. The highest BCUT2D eigenvalue weighted by Gasteiger charge is 2.22. The molecular formula is C11H13ClFNO3S. The standard InChI is InChI=1S/C11H13ClFNO3S/c1-4-14(3)11(15)8-5-7(2)10(13)9(6-8)18(12,16)17/h5-6H,4H2,1-3H3. The van der Waals surface area contributed by atoms with E-state index in [2.05, 4.69) is 0 Å². The van der Waals surface area contributed by atoms with Crippen molar-refractivity contribution in [2.45, 2.75) is 18.7 Å². The van der Waals surface area contributed by atoms with Gasteiger partial charge in [0.2, 0.25) is 0 Å². The molecule has 100 valence electrons. The third-order valence-electron chi connectivity index (χ3n) is 2.55. The zero-order valence-corrected chi connectivity index (χ0v) is 11.8. The number of hydrogen-bond acceptors (Lipinski definition) is 3. The topological polar surface area (TPSA) is 54.5 Å². The van der Waals surface area contributed by atoms with E-state index >= 15 is 0 Å². The fraction of sp³-hybridized carbons (Fsp3) is 0.364. The van der Waals surface area contributed by atoms with Gasteiger partial charge in [-0.15, -0.1) is 0 Å². The molecule has 1 rings (SSSR count). The minimum absolute atomic E-state index is 0.0598. The summed E-state index contributed by atoms with van der Waals surface area (Å²) >= 11 is 0. The van der Waals surface area contributed by atoms with Gasteiger partial charge in [0.1, 0.15) is 10.7 Å². The molecule has 0 radical (unpaired) electrons. The van der Waals surface area contributed by atoms with Gasteiger partial charge in [0.15, 0.2) is 0 Å². The van der Waals surface area contributed by atoms with Crippen LogP contribution in [0.25, 0.3) is 0 Å². The van der Waals surface area contributed by atoms with Gasteiger partial charge in [-0.25, -0.2) is 12.8 Å². The van der Waals surface area contributed by atoms with Crippen LogP contribution in [-0.4, -0.2) is 32.8 Å². The maximum absolute atomic E-state index is 13.6. The molecule has 18 heavy (non-hydrogen) atoms. The van der Waals surface area contributed by atoms with Crippen LogP contribution in [0.1, 0.15) is 22.8 Å². The van der Waals surface area contributed by atoms with E-state index in [1.807, 2.05) is 0 Å². The van der Waals surface area contributed by atoms with Gasteiger partial charge in [0.05, 0.1) is 0 Å². The van der Waals surface area contributed by atoms with Crippen molar-refractivity contribution in [3.63, 3.8) is 0 Å². The SMILES string of the molecule is CCN(C)C(=O)c1cc(C)c(F)c(S(=O)(=O)Cl)c1. The first-order chi connectivity index (χ1) is 8.18. The Bertz CT molecular complexity index is 586. The minimum atomic E-state index is -4.22. The second-order valence-corrected chi connectivity index (χ2v) is 6.40. The molecule has 1 amide bonds. The van der Waals surface area contributed by atoms with Crippen molar-refractivity contribution in [1.29, 1.82) is 0 Å². The van der Waals surface area contributed by atoms with Gasteiger partial charge < -0.3 is 4.90 Å². The number of halogens is 2. The summed E-state index contributed by atoms with van der Waals surface area (Å²) in [7, 11) is 2.48. The fourth-order valence-electron chi connectivity index (χ4n) is 1.40. The summed E-state index contributed by atoms with van der Waals surface area (Å²) in [6, 6.07) is 2.26. The van der Waals surface area contributed by atoms with E-state index in [4.69, 9.17) is 10.7 Å². The molecule has 0 aliphatic rings. The molecule has 0 aromatic heterocycles. The molecule has 0 bridgehead atoms. The number of rotatable bonds is 3. The lowest BCUT2D eigenvalue weighted by atomic mass is 10.1. The van der Waals surface area contributed by atoms with Crippen LogP contribution in [0.4, 0.5) is 4.39 Å². The molecule has 0 unspecified atom stereocenters. The number of aryl methyl sites for hydroxylation is 1. The Labute approximate surface area is 110 Å². The Morgan fingerprint density at radius 1 is 1.44 bits per heavy atom. The van der Waals surface area contributed by atoms with Gasteiger partial charge in [0.25, 0.3) is 15.0 Å². The predicted octanol–water partition coefficient (Wildman–Crippen LogP) is 2.15. The first-order valence-corrected chi connectivity index (χ1v) is 7.49. The van der Waals surface area contributed by atoms with Gasteiger partial charge in [-0.2, -0.15) is 0 Å². The molecule has 0 aliphatic heterocycles. The van der Waals surface area contributed by atoms with Crippen molar-refractivity contribution < 1.29 is 17.6 Å². The Morgan fingerprint density at radius 2 is 2.00 bits per heavy atom. The van der Waals surface area contributed by atoms with Crippen LogP contribution in [0.3, 0.4) is 0 Å². The smallest absolute Gasteiger partial charge is 0.264 e. The predicted molar refractivity (Wildman–Crippen MR) is 66.8 cm³/mol. The highest BCUT2D eigenvalue weighted by Crippen LogP contribution is 2.24. The molecule has 1 aromatic carbocycles. The summed E-state index contributed by atoms with van der Waals surface area (Å²) in [6.45, 7) is 3.61. The van der Waals surface area contributed by atoms with Crippen LogP contribution in [0, 0.1) is 12.7 Å². The maximum Gasteiger partial charge on any atom is 0.264 e. The van der Waals surface area contributed by atoms with Gasteiger partial charge in [-0.3, -0.25) is 4.79 Å². The van der Waals surface area contributed by atoms with E-state index in [0.29, 0.717) is 6.54 Å². The normalized spacial score (nSPS) is 11.4. The van der Waals surface area contributed by atoms with E-state index in [-0.39, 0.29) is 17.0 Å². The number of carbonyl (C=O) groups excluding carboxylic acids is 1. The third kappa shape index (κ3) is 3.00. The third-order valence-corrected chi connectivity index (χ3v) is 3.87. The summed E-state index contributed by atoms with van der Waals surface area (Å²) in [4.78, 5) is 12.6. The number of amides is 1. The van der Waals surface area contributed by atoms with E-state index < -0.39 is 19.8 Å². The second kappa shape index (κ2) is 5.24. The fourth-order valence-corrected chi connectivity index (χ4v) is 2.38. The summed E-state index contributed by atoms with van der Waals surface area (Å²) < 4.78 is 36.1. The zero-order valence-electron chi connectivity index (χ0n) is 10.2. The van der Waals surface area contributed by atoms with Gasteiger partial charge in [-0.1, -0.05) is 0 Å². The van der Waals surface area contributed by atoms with E-state index in [1.165, 1.54) is 17.9 Å². The molecule has 0 fully saturated rings. The first kappa shape index (κ1) is 14.9. The molecule has 4 nitrogen and oxygen atoms in total. The van der Waals surface area contributed by atoms with E-state index in [1.54, 1.807) is 14.0 Å². The van der Waals surface area contributed by atoms with E-state index in [0.717, 1.165) is 6.07 Å². The number of carbonyl (C=O) groups is 1.